The van der Waals surface area contributed by atoms with Gasteiger partial charge in [0.2, 0.25) is 0 Å². The monoisotopic (exact) mass is 391 g/mol. The fourth-order valence-electron chi connectivity index (χ4n) is 0.907. The predicted molar refractivity (Wildman–Crippen MR) is 61.0 cm³/mol. The average molecular weight is 392 g/mol. The molecule has 0 saturated heterocycles. The van der Waals surface area contributed by atoms with Crippen molar-refractivity contribution in [2.24, 2.45) is 0 Å². The number of esters is 1. The van der Waals surface area contributed by atoms with Crippen molar-refractivity contribution in [1.29, 1.82) is 0 Å². The molecule has 7 heteroatoms. The normalized spacial score (nSPS) is 10.5. The van der Waals surface area contributed by atoms with E-state index in [1.54, 1.807) is 0 Å². The first-order valence-corrected chi connectivity index (χ1v) is 5.57. The second kappa shape index (κ2) is 5.15. The SMILES string of the molecule is COC(=O)c1nc(I)c(Br)cc1C(F)F. The topological polar surface area (TPSA) is 39.2 Å². The van der Waals surface area contributed by atoms with E-state index in [9.17, 15) is 13.6 Å². The van der Waals surface area contributed by atoms with Gasteiger partial charge in [-0.2, -0.15) is 0 Å². The van der Waals surface area contributed by atoms with Crippen molar-refractivity contribution >= 4 is 44.5 Å². The van der Waals surface area contributed by atoms with Gasteiger partial charge in [0.05, 0.1) is 12.7 Å². The van der Waals surface area contributed by atoms with Crippen molar-refractivity contribution in [1.82, 2.24) is 4.98 Å². The number of nitrogens with zero attached hydrogens (tertiary/aromatic N) is 1. The van der Waals surface area contributed by atoms with Gasteiger partial charge in [-0.15, -0.1) is 0 Å². The molecule has 0 N–H and O–H groups in total. The summed E-state index contributed by atoms with van der Waals surface area (Å²) in [7, 11) is 1.12. The van der Waals surface area contributed by atoms with Crippen LogP contribution in [-0.4, -0.2) is 18.1 Å². The van der Waals surface area contributed by atoms with Crippen LogP contribution < -0.4 is 0 Å². The van der Waals surface area contributed by atoms with E-state index in [0.717, 1.165) is 7.11 Å². The Morgan fingerprint density at radius 3 is 2.73 bits per heavy atom. The third-order valence-corrected chi connectivity index (χ3v) is 3.74. The van der Waals surface area contributed by atoms with Crippen molar-refractivity contribution in [3.05, 3.63) is 25.5 Å². The van der Waals surface area contributed by atoms with Gasteiger partial charge in [0.15, 0.2) is 5.69 Å². The summed E-state index contributed by atoms with van der Waals surface area (Å²) in [6.07, 6.45) is -2.76. The van der Waals surface area contributed by atoms with Crippen LogP contribution in [0.2, 0.25) is 0 Å². The molecule has 1 aromatic rings. The number of carbonyl (C=O) groups is 1. The number of halogens is 4. The van der Waals surface area contributed by atoms with Crippen molar-refractivity contribution in [3.8, 4) is 0 Å². The van der Waals surface area contributed by atoms with Crippen molar-refractivity contribution in [3.63, 3.8) is 0 Å². The maximum Gasteiger partial charge on any atom is 0.357 e. The summed E-state index contributed by atoms with van der Waals surface area (Å²) in [6, 6.07) is 1.17. The van der Waals surface area contributed by atoms with Crippen LogP contribution in [0.15, 0.2) is 10.5 Å². The summed E-state index contributed by atoms with van der Waals surface area (Å²) in [5, 5.41) is 0. The molecule has 82 valence electrons. The molecule has 0 spiro atoms. The number of rotatable bonds is 2. The van der Waals surface area contributed by atoms with E-state index >= 15 is 0 Å². The molecular formula is C8H5BrF2INO2. The Morgan fingerprint density at radius 1 is 1.67 bits per heavy atom. The van der Waals surface area contributed by atoms with Gasteiger partial charge in [-0.1, -0.05) is 0 Å². The van der Waals surface area contributed by atoms with Crippen molar-refractivity contribution in [2.75, 3.05) is 7.11 Å². The molecule has 0 aromatic carbocycles. The molecule has 0 amide bonds. The first kappa shape index (κ1) is 12.8. The summed E-state index contributed by atoms with van der Waals surface area (Å²) in [5.74, 6) is -0.865. The van der Waals surface area contributed by atoms with Gasteiger partial charge in [0.25, 0.3) is 6.43 Å². The van der Waals surface area contributed by atoms with E-state index in [-0.39, 0.29) is 5.69 Å². The third kappa shape index (κ3) is 2.83. The second-order valence-corrected chi connectivity index (χ2v) is 4.37. The average Bonchev–Trinajstić information content (AvgIpc) is 2.20. The minimum atomic E-state index is -2.76. The Labute approximate surface area is 106 Å². The maximum absolute atomic E-state index is 12.6. The summed E-state index contributed by atoms with van der Waals surface area (Å²) in [5.41, 5.74) is -0.783. The highest BCUT2D eigenvalue weighted by atomic mass is 127. The van der Waals surface area contributed by atoms with Crippen LogP contribution in [0.3, 0.4) is 0 Å². The minimum Gasteiger partial charge on any atom is -0.464 e. The lowest BCUT2D eigenvalue weighted by atomic mass is 10.2. The number of aromatic nitrogens is 1. The highest BCUT2D eigenvalue weighted by Crippen LogP contribution is 2.28. The smallest absolute Gasteiger partial charge is 0.357 e. The van der Waals surface area contributed by atoms with Crippen LogP contribution in [0, 0.1) is 3.70 Å². The Kier molecular flexibility index (Phi) is 4.38. The van der Waals surface area contributed by atoms with Gasteiger partial charge in [0.1, 0.15) is 3.70 Å². The fourth-order valence-corrected chi connectivity index (χ4v) is 1.64. The number of methoxy groups -OCH3 is 1. The van der Waals surface area contributed by atoms with Crippen LogP contribution in [0.1, 0.15) is 22.5 Å². The zero-order valence-electron chi connectivity index (χ0n) is 7.43. The van der Waals surface area contributed by atoms with Gasteiger partial charge in [-0.25, -0.2) is 18.6 Å². The number of hydrogen-bond acceptors (Lipinski definition) is 3. The Balaban J connectivity index is 3.34. The quantitative estimate of drug-likeness (QED) is 0.441. The van der Waals surface area contributed by atoms with Gasteiger partial charge in [-0.3, -0.25) is 0 Å². The van der Waals surface area contributed by atoms with Gasteiger partial charge in [0, 0.05) is 4.47 Å². The number of carbonyl (C=O) groups excluding carboxylic acids is 1. The molecule has 0 radical (unpaired) electrons. The minimum absolute atomic E-state index is 0.347. The third-order valence-electron chi connectivity index (χ3n) is 1.58. The number of pyridine rings is 1. The van der Waals surface area contributed by atoms with E-state index in [0.29, 0.717) is 8.17 Å². The lowest BCUT2D eigenvalue weighted by Gasteiger charge is -2.07. The van der Waals surface area contributed by atoms with Gasteiger partial charge in [-0.05, 0) is 44.6 Å². The lowest BCUT2D eigenvalue weighted by molar-refractivity contribution is 0.0581. The fraction of sp³-hybridized carbons (Fsp3) is 0.250. The van der Waals surface area contributed by atoms with Crippen LogP contribution in [0.5, 0.6) is 0 Å². The van der Waals surface area contributed by atoms with Crippen molar-refractivity contribution < 1.29 is 18.3 Å². The first-order chi connectivity index (χ1) is 6.97. The molecule has 0 aliphatic rings. The van der Waals surface area contributed by atoms with Crippen LogP contribution >= 0.6 is 38.5 Å². The molecule has 0 unspecified atom stereocenters. The van der Waals surface area contributed by atoms with Gasteiger partial charge < -0.3 is 4.74 Å². The molecule has 3 nitrogen and oxygen atoms in total. The Hall–Kier alpha value is -0.310. The molecular weight excluding hydrogens is 387 g/mol. The standard InChI is InChI=1S/C8H5BrF2INO2/c1-15-8(14)5-3(6(10)11)2-4(9)7(12)13-5/h2,6H,1H3. The molecule has 0 aliphatic heterocycles. The van der Waals surface area contributed by atoms with Crippen molar-refractivity contribution in [2.45, 2.75) is 6.43 Å². The molecule has 0 saturated carbocycles. The zero-order valence-corrected chi connectivity index (χ0v) is 11.2. The number of alkyl halides is 2. The van der Waals surface area contributed by atoms with E-state index in [2.05, 4.69) is 25.7 Å². The Bertz CT molecular complexity index is 400. The summed E-state index contributed by atoms with van der Waals surface area (Å²) >= 11 is 4.89. The maximum atomic E-state index is 12.6. The highest BCUT2D eigenvalue weighted by Gasteiger charge is 2.22. The zero-order chi connectivity index (χ0) is 11.6. The highest BCUT2D eigenvalue weighted by molar-refractivity contribution is 14.1. The Morgan fingerprint density at radius 2 is 2.27 bits per heavy atom. The summed E-state index contributed by atoms with van der Waals surface area (Å²) in [4.78, 5) is 14.9. The molecule has 0 aliphatic carbocycles. The summed E-state index contributed by atoms with van der Waals surface area (Å²) < 4.78 is 30.3. The second-order valence-electron chi connectivity index (χ2n) is 2.49. The molecule has 0 atom stereocenters. The molecule has 0 bridgehead atoms. The molecule has 15 heavy (non-hydrogen) atoms. The predicted octanol–water partition coefficient (Wildman–Crippen LogP) is 3.17. The van der Waals surface area contributed by atoms with E-state index in [4.69, 9.17) is 0 Å². The molecule has 1 aromatic heterocycles. The van der Waals surface area contributed by atoms with E-state index in [1.165, 1.54) is 6.07 Å². The first-order valence-electron chi connectivity index (χ1n) is 3.69. The van der Waals surface area contributed by atoms with Crippen LogP contribution in [0.25, 0.3) is 0 Å². The largest absolute Gasteiger partial charge is 0.464 e. The number of hydrogen-bond donors (Lipinski definition) is 0. The van der Waals surface area contributed by atoms with Crippen LogP contribution in [-0.2, 0) is 4.74 Å². The van der Waals surface area contributed by atoms with E-state index in [1.807, 2.05) is 22.6 Å². The van der Waals surface area contributed by atoms with E-state index < -0.39 is 18.0 Å². The lowest BCUT2D eigenvalue weighted by Crippen LogP contribution is -2.10. The van der Waals surface area contributed by atoms with Gasteiger partial charge >= 0.3 is 5.97 Å². The number of ether oxygens (including phenoxy) is 1. The summed E-state index contributed by atoms with van der Waals surface area (Å²) in [6.45, 7) is 0. The molecule has 0 fully saturated rings. The van der Waals surface area contributed by atoms with Crippen LogP contribution in [0.4, 0.5) is 8.78 Å². The molecule has 1 rings (SSSR count). The molecule has 1 heterocycles.